The lowest BCUT2D eigenvalue weighted by atomic mass is 10.1. The Kier molecular flexibility index (Phi) is 6.42. The first-order valence-corrected chi connectivity index (χ1v) is 9.81. The molecule has 2 fully saturated rings. The summed E-state index contributed by atoms with van der Waals surface area (Å²) in [6.45, 7) is 9.98. The van der Waals surface area contributed by atoms with Crippen molar-refractivity contribution in [1.29, 1.82) is 5.26 Å². The van der Waals surface area contributed by atoms with E-state index in [1.807, 2.05) is 32.9 Å². The van der Waals surface area contributed by atoms with Gasteiger partial charge >= 0.3 is 6.09 Å². The van der Waals surface area contributed by atoms with Crippen LogP contribution in [0.4, 0.5) is 4.79 Å². The van der Waals surface area contributed by atoms with Gasteiger partial charge in [0, 0.05) is 19.6 Å². The van der Waals surface area contributed by atoms with Crippen LogP contribution < -0.4 is 4.74 Å². The number of hydrogen-bond donors (Lipinski definition) is 0. The van der Waals surface area contributed by atoms with Gasteiger partial charge in [0.1, 0.15) is 11.4 Å². The Bertz CT molecular complexity index is 694. The lowest BCUT2D eigenvalue weighted by Crippen LogP contribution is -2.61. The Morgan fingerprint density at radius 3 is 2.39 bits per heavy atom. The van der Waals surface area contributed by atoms with E-state index < -0.39 is 5.60 Å². The van der Waals surface area contributed by atoms with Gasteiger partial charge in [-0.15, -0.1) is 0 Å². The molecule has 0 aliphatic carbocycles. The summed E-state index contributed by atoms with van der Waals surface area (Å²) < 4.78 is 17.2. The van der Waals surface area contributed by atoms with Gasteiger partial charge in [0.25, 0.3) is 0 Å². The summed E-state index contributed by atoms with van der Waals surface area (Å²) in [5.41, 5.74) is 0.151. The summed E-state index contributed by atoms with van der Waals surface area (Å²) >= 11 is 0. The third-order valence-corrected chi connectivity index (χ3v) is 4.68. The molecule has 7 heteroatoms. The number of benzene rings is 1. The molecular weight excluding hydrogens is 358 g/mol. The summed E-state index contributed by atoms with van der Waals surface area (Å²) in [4.78, 5) is 16.5. The number of fused-ring (bicyclic) bond motifs is 2. The molecule has 152 valence electrons. The quantitative estimate of drug-likeness (QED) is 0.723. The van der Waals surface area contributed by atoms with Gasteiger partial charge in [-0.25, -0.2) is 4.79 Å². The van der Waals surface area contributed by atoms with Gasteiger partial charge in [0.2, 0.25) is 0 Å². The second kappa shape index (κ2) is 8.80. The van der Waals surface area contributed by atoms with Crippen LogP contribution in [-0.4, -0.2) is 73.0 Å². The number of nitrogens with zero attached hydrogens (tertiary/aromatic N) is 3. The van der Waals surface area contributed by atoms with Crippen molar-refractivity contribution in [2.24, 2.45) is 0 Å². The minimum absolute atomic E-state index is 0.0273. The molecule has 1 aromatic rings. The highest BCUT2D eigenvalue weighted by Gasteiger charge is 2.37. The van der Waals surface area contributed by atoms with Crippen molar-refractivity contribution in [2.75, 3.05) is 39.3 Å². The number of ether oxygens (including phenoxy) is 3. The van der Waals surface area contributed by atoms with Crippen molar-refractivity contribution in [3.05, 3.63) is 29.8 Å². The van der Waals surface area contributed by atoms with E-state index >= 15 is 0 Å². The molecule has 2 aliphatic rings. The van der Waals surface area contributed by atoms with Crippen molar-refractivity contribution in [3.63, 3.8) is 0 Å². The highest BCUT2D eigenvalue weighted by molar-refractivity contribution is 5.68. The second-order valence-electron chi connectivity index (χ2n) is 8.36. The van der Waals surface area contributed by atoms with E-state index in [2.05, 4.69) is 11.0 Å². The second-order valence-corrected chi connectivity index (χ2v) is 8.36. The molecule has 0 spiro atoms. The Balaban J connectivity index is 1.39. The van der Waals surface area contributed by atoms with Gasteiger partial charge in [0.15, 0.2) is 0 Å². The molecule has 2 heterocycles. The van der Waals surface area contributed by atoms with Gasteiger partial charge in [-0.05, 0) is 51.5 Å². The fourth-order valence-corrected chi connectivity index (χ4v) is 3.54. The van der Waals surface area contributed by atoms with Gasteiger partial charge in [0.05, 0.1) is 43.5 Å². The van der Waals surface area contributed by atoms with Crippen molar-refractivity contribution in [2.45, 2.75) is 45.0 Å². The van der Waals surface area contributed by atoms with E-state index in [0.29, 0.717) is 25.3 Å². The van der Waals surface area contributed by atoms with Gasteiger partial charge < -0.3 is 19.1 Å². The summed E-state index contributed by atoms with van der Waals surface area (Å²) in [5, 5.41) is 8.82. The number of carbonyl (C=O) groups excluding carboxylic acids is 1. The number of morpholine rings is 2. The Morgan fingerprint density at radius 2 is 1.82 bits per heavy atom. The molecule has 1 aromatic carbocycles. The predicted octanol–water partition coefficient (Wildman–Crippen LogP) is 2.65. The topological polar surface area (TPSA) is 75.0 Å². The monoisotopic (exact) mass is 387 g/mol. The highest BCUT2D eigenvalue weighted by Crippen LogP contribution is 2.21. The average Bonchev–Trinajstić information content (AvgIpc) is 2.63. The first-order chi connectivity index (χ1) is 13.3. The minimum Gasteiger partial charge on any atom is -0.494 e. The molecule has 2 saturated heterocycles. The van der Waals surface area contributed by atoms with Crippen LogP contribution in [0.3, 0.4) is 0 Å². The Morgan fingerprint density at radius 1 is 1.18 bits per heavy atom. The van der Waals surface area contributed by atoms with Crippen molar-refractivity contribution >= 4 is 6.09 Å². The van der Waals surface area contributed by atoms with Crippen LogP contribution in [0.2, 0.25) is 0 Å². The Hall–Kier alpha value is -2.30. The standard InChI is InChI=1S/C21H29N3O4/c1-21(2,3)28-20(25)24-14-18-12-23(13-19(15-24)27-18)9-4-10-26-17-7-5-16(11-22)6-8-17/h5-8,18-19H,4,9-10,12-15H2,1-3H3. The highest BCUT2D eigenvalue weighted by atomic mass is 16.6. The number of nitriles is 1. The van der Waals surface area contributed by atoms with Crippen molar-refractivity contribution < 1.29 is 19.0 Å². The van der Waals surface area contributed by atoms with Gasteiger partial charge in [-0.2, -0.15) is 5.26 Å². The summed E-state index contributed by atoms with van der Waals surface area (Å²) in [6.07, 6.45) is 0.712. The maximum atomic E-state index is 12.3. The van der Waals surface area contributed by atoms with Crippen LogP contribution in [0.15, 0.2) is 24.3 Å². The SMILES string of the molecule is CC(C)(C)OC(=O)N1CC2CN(CCCOc3ccc(C#N)cc3)CC(C1)O2. The zero-order valence-electron chi connectivity index (χ0n) is 16.9. The van der Waals surface area contributed by atoms with E-state index in [0.717, 1.165) is 31.8 Å². The number of amides is 1. The lowest BCUT2D eigenvalue weighted by molar-refractivity contribution is -0.136. The predicted molar refractivity (Wildman–Crippen MR) is 104 cm³/mol. The number of hydrogen-bond acceptors (Lipinski definition) is 6. The fraction of sp³-hybridized carbons (Fsp3) is 0.619. The van der Waals surface area contributed by atoms with Crippen molar-refractivity contribution in [3.8, 4) is 11.8 Å². The molecule has 2 aliphatic heterocycles. The maximum Gasteiger partial charge on any atom is 0.410 e. The largest absolute Gasteiger partial charge is 0.494 e. The zero-order valence-corrected chi connectivity index (χ0v) is 16.9. The van der Waals surface area contributed by atoms with E-state index in [9.17, 15) is 4.79 Å². The number of carbonyl (C=O) groups is 1. The molecule has 0 aromatic heterocycles. The number of rotatable bonds is 5. The third-order valence-electron chi connectivity index (χ3n) is 4.68. The normalized spacial score (nSPS) is 22.4. The van der Waals surface area contributed by atoms with Crippen LogP contribution >= 0.6 is 0 Å². The molecule has 3 rings (SSSR count). The summed E-state index contributed by atoms with van der Waals surface area (Å²) in [7, 11) is 0. The van der Waals surface area contributed by atoms with E-state index in [1.165, 1.54) is 0 Å². The maximum absolute atomic E-state index is 12.3. The molecular formula is C21H29N3O4. The van der Waals surface area contributed by atoms with Crippen LogP contribution in [0, 0.1) is 11.3 Å². The van der Waals surface area contributed by atoms with Crippen LogP contribution in [0.5, 0.6) is 5.75 Å². The van der Waals surface area contributed by atoms with E-state index in [4.69, 9.17) is 19.5 Å². The van der Waals surface area contributed by atoms with Crippen molar-refractivity contribution in [1.82, 2.24) is 9.80 Å². The minimum atomic E-state index is -0.481. The zero-order chi connectivity index (χ0) is 20.1. The summed E-state index contributed by atoms with van der Waals surface area (Å²) in [5.74, 6) is 0.783. The van der Waals surface area contributed by atoms with E-state index in [1.54, 1.807) is 17.0 Å². The van der Waals surface area contributed by atoms with Crippen LogP contribution in [0.25, 0.3) is 0 Å². The molecule has 7 nitrogen and oxygen atoms in total. The molecule has 2 unspecified atom stereocenters. The fourth-order valence-electron chi connectivity index (χ4n) is 3.54. The molecule has 1 amide bonds. The van der Waals surface area contributed by atoms with Crippen LogP contribution in [-0.2, 0) is 9.47 Å². The van der Waals surface area contributed by atoms with Gasteiger partial charge in [-0.1, -0.05) is 0 Å². The molecule has 28 heavy (non-hydrogen) atoms. The summed E-state index contributed by atoms with van der Waals surface area (Å²) in [6, 6.07) is 9.26. The van der Waals surface area contributed by atoms with Gasteiger partial charge in [-0.3, -0.25) is 4.90 Å². The van der Waals surface area contributed by atoms with Crippen LogP contribution in [0.1, 0.15) is 32.8 Å². The van der Waals surface area contributed by atoms with E-state index in [-0.39, 0.29) is 18.3 Å². The third kappa shape index (κ3) is 5.85. The lowest BCUT2D eigenvalue weighted by Gasteiger charge is -2.45. The Labute approximate surface area is 166 Å². The molecule has 0 N–H and O–H groups in total. The molecule has 0 saturated carbocycles. The average molecular weight is 387 g/mol. The first kappa shape index (κ1) is 20.4. The molecule has 2 bridgehead atoms. The first-order valence-electron chi connectivity index (χ1n) is 9.81. The molecule has 0 radical (unpaired) electrons. The molecule has 2 atom stereocenters. The smallest absolute Gasteiger partial charge is 0.410 e.